The van der Waals surface area contributed by atoms with E-state index < -0.39 is 7.82 Å². The molecule has 0 saturated heterocycles. The van der Waals surface area contributed by atoms with Gasteiger partial charge in [0.05, 0.1) is 12.5 Å². The predicted octanol–water partition coefficient (Wildman–Crippen LogP) is 9.30. The average Bonchev–Trinajstić information content (AvgIpc) is 3.40. The van der Waals surface area contributed by atoms with Crippen molar-refractivity contribution in [2.75, 3.05) is 12.5 Å². The van der Waals surface area contributed by atoms with Gasteiger partial charge in [0, 0.05) is 12.7 Å². The lowest BCUT2D eigenvalue weighted by atomic mass is 10.1. The summed E-state index contributed by atoms with van der Waals surface area (Å²) >= 11 is 1.73. The lowest BCUT2D eigenvalue weighted by molar-refractivity contribution is 0.267. The van der Waals surface area contributed by atoms with E-state index in [4.69, 9.17) is 13.8 Å². The van der Waals surface area contributed by atoms with Crippen molar-refractivity contribution >= 4 is 19.6 Å². The number of phosphoric acid groups is 1. The Hall–Kier alpha value is -2.08. The molecule has 3 rings (SSSR count). The Morgan fingerprint density at radius 2 is 1.50 bits per heavy atom. The smallest absolute Gasteiger partial charge is 0.490 e. The van der Waals surface area contributed by atoms with Crippen molar-refractivity contribution in [1.29, 1.82) is 0 Å². The number of rotatable bonds is 20. The number of hydrogen-bond donors (Lipinski definition) is 1. The molecule has 2 aromatic carbocycles. The molecule has 210 valence electrons. The minimum absolute atomic E-state index is 0.202. The normalized spacial score (nSPS) is 14.4. The monoisotopic (exact) mass is 561 g/mol. The van der Waals surface area contributed by atoms with Gasteiger partial charge in [0.25, 0.3) is 0 Å². The molecular formula is C30H44NO5PS. The Labute approximate surface area is 233 Å². The molecule has 1 aliphatic heterocycles. The number of phosphoric ester groups is 1. The van der Waals surface area contributed by atoms with Crippen molar-refractivity contribution in [2.45, 2.75) is 90.5 Å². The van der Waals surface area contributed by atoms with E-state index in [0.717, 1.165) is 24.3 Å². The summed E-state index contributed by atoms with van der Waals surface area (Å²) in [6.45, 7) is 3.50. The van der Waals surface area contributed by atoms with E-state index >= 15 is 0 Å². The Morgan fingerprint density at radius 1 is 0.842 bits per heavy atom. The fraction of sp³-hybridized carbons (Fsp3) is 0.533. The zero-order chi connectivity index (χ0) is 26.9. The van der Waals surface area contributed by atoms with E-state index in [1.165, 1.54) is 64.2 Å². The average molecular weight is 562 g/mol. The lowest BCUT2D eigenvalue weighted by Gasteiger charge is -2.18. The molecule has 0 amide bonds. The Kier molecular flexibility index (Phi) is 14.0. The molecule has 0 radical (unpaired) electrons. The Bertz CT molecular complexity index is 1020. The van der Waals surface area contributed by atoms with Gasteiger partial charge in [0.2, 0.25) is 0 Å². The highest BCUT2D eigenvalue weighted by molar-refractivity contribution is 8.02. The highest BCUT2D eigenvalue weighted by Gasteiger charge is 2.27. The number of benzene rings is 2. The fourth-order valence-corrected chi connectivity index (χ4v) is 5.92. The van der Waals surface area contributed by atoms with Crippen LogP contribution in [-0.2, 0) is 11.1 Å². The van der Waals surface area contributed by atoms with E-state index in [0.29, 0.717) is 24.7 Å². The van der Waals surface area contributed by atoms with Gasteiger partial charge in [-0.05, 0) is 41.7 Å². The third-order valence-corrected chi connectivity index (χ3v) is 8.10. The fourth-order valence-electron chi connectivity index (χ4n) is 4.39. The van der Waals surface area contributed by atoms with Crippen LogP contribution >= 0.6 is 19.6 Å². The van der Waals surface area contributed by atoms with E-state index in [2.05, 4.69) is 11.8 Å². The van der Waals surface area contributed by atoms with Gasteiger partial charge in [-0.3, -0.25) is 4.89 Å². The van der Waals surface area contributed by atoms with Crippen LogP contribution in [0.2, 0.25) is 0 Å². The Balaban J connectivity index is 1.35. The molecule has 2 aromatic rings. The summed E-state index contributed by atoms with van der Waals surface area (Å²) < 4.78 is 29.5. The topological polar surface area (TPSA) is 68.2 Å². The number of ether oxygens (including phenoxy) is 1. The summed E-state index contributed by atoms with van der Waals surface area (Å²) in [5.41, 5.74) is 0.987. The molecule has 6 nitrogen and oxygen atoms in total. The lowest BCUT2D eigenvalue weighted by Crippen LogP contribution is -2.12. The summed E-state index contributed by atoms with van der Waals surface area (Å²) in [5, 5.41) is 2.05. The van der Waals surface area contributed by atoms with Crippen LogP contribution in [0.3, 0.4) is 0 Å². The zero-order valence-electron chi connectivity index (χ0n) is 22.8. The van der Waals surface area contributed by atoms with Crippen LogP contribution in [-0.4, -0.2) is 22.3 Å². The van der Waals surface area contributed by atoms with Gasteiger partial charge in [0.15, 0.2) is 11.5 Å². The maximum absolute atomic E-state index is 12.8. The number of para-hydroxylation sites is 2. The minimum Gasteiger partial charge on any atom is -0.490 e. The quantitative estimate of drug-likeness (QED) is 0.128. The molecule has 0 aromatic heterocycles. The van der Waals surface area contributed by atoms with Crippen LogP contribution in [0.25, 0.3) is 0 Å². The molecule has 0 fully saturated rings. The molecule has 0 bridgehead atoms. The second kappa shape index (κ2) is 17.5. The maximum atomic E-state index is 12.8. The van der Waals surface area contributed by atoms with Crippen molar-refractivity contribution in [2.24, 2.45) is 0 Å². The third-order valence-electron chi connectivity index (χ3n) is 6.43. The van der Waals surface area contributed by atoms with Crippen LogP contribution in [0.15, 0.2) is 60.1 Å². The summed E-state index contributed by atoms with van der Waals surface area (Å²) in [5.74, 6) is 1.83. The first-order valence-electron chi connectivity index (χ1n) is 14.1. The summed E-state index contributed by atoms with van der Waals surface area (Å²) in [6.07, 6.45) is 17.4. The van der Waals surface area contributed by atoms with Gasteiger partial charge >= 0.3 is 7.82 Å². The van der Waals surface area contributed by atoms with Crippen molar-refractivity contribution in [3.8, 4) is 17.2 Å². The number of unbranched alkanes of at least 4 members (excludes halogenated alkanes) is 11. The predicted molar refractivity (Wildman–Crippen MR) is 158 cm³/mol. The van der Waals surface area contributed by atoms with Crippen LogP contribution < -0.4 is 13.8 Å². The maximum Gasteiger partial charge on any atom is 0.585 e. The van der Waals surface area contributed by atoms with Crippen LogP contribution in [0, 0.1) is 0 Å². The number of hydrogen-bond acceptors (Lipinski definition) is 6. The van der Waals surface area contributed by atoms with Crippen molar-refractivity contribution < 1.29 is 23.2 Å². The molecule has 38 heavy (non-hydrogen) atoms. The number of nitrogens with zero attached hydrogens (tertiary/aromatic N) is 1. The van der Waals surface area contributed by atoms with E-state index in [1.807, 2.05) is 29.8 Å². The molecule has 1 unspecified atom stereocenters. The molecule has 0 spiro atoms. The van der Waals surface area contributed by atoms with Gasteiger partial charge in [-0.1, -0.05) is 102 Å². The van der Waals surface area contributed by atoms with Crippen LogP contribution in [0.4, 0.5) is 0 Å². The molecule has 1 heterocycles. The standard InChI is InChI=1S/C30H44NO5PS/c1-2-3-4-5-6-7-8-9-10-11-12-15-22-34-29-19-13-14-20-30(29)36-37(32,33)35-28-18-16-17-27(24-28)25-31-21-23-38-26-31/h13-14,16-21,23-24H,2-12,15,22,25-26H2,1H3,(H,32,33). The molecule has 0 aliphatic carbocycles. The van der Waals surface area contributed by atoms with Crippen LogP contribution in [0.5, 0.6) is 17.2 Å². The van der Waals surface area contributed by atoms with Gasteiger partial charge in [-0.15, -0.1) is 11.8 Å². The molecule has 1 N–H and O–H groups in total. The summed E-state index contributed by atoms with van der Waals surface area (Å²) in [7, 11) is -4.40. The summed E-state index contributed by atoms with van der Waals surface area (Å²) in [4.78, 5) is 12.6. The molecule has 0 saturated carbocycles. The van der Waals surface area contributed by atoms with Crippen molar-refractivity contribution in [1.82, 2.24) is 4.90 Å². The van der Waals surface area contributed by atoms with Gasteiger partial charge in [-0.25, -0.2) is 4.57 Å². The number of thioether (sulfide) groups is 1. The first-order chi connectivity index (χ1) is 18.6. The molecular weight excluding hydrogens is 517 g/mol. The highest BCUT2D eigenvalue weighted by atomic mass is 32.2. The van der Waals surface area contributed by atoms with E-state index in [9.17, 15) is 9.46 Å². The largest absolute Gasteiger partial charge is 0.585 e. The van der Waals surface area contributed by atoms with E-state index in [1.54, 1.807) is 42.1 Å². The van der Waals surface area contributed by atoms with E-state index in [-0.39, 0.29) is 5.75 Å². The summed E-state index contributed by atoms with van der Waals surface area (Å²) in [6, 6.07) is 14.1. The van der Waals surface area contributed by atoms with Crippen molar-refractivity contribution in [3.05, 3.63) is 65.7 Å². The van der Waals surface area contributed by atoms with Crippen molar-refractivity contribution in [3.63, 3.8) is 0 Å². The minimum atomic E-state index is -4.40. The second-order valence-corrected chi connectivity index (χ2v) is 12.0. The second-order valence-electron chi connectivity index (χ2n) is 9.81. The van der Waals surface area contributed by atoms with Gasteiger partial charge in [0.1, 0.15) is 5.75 Å². The third kappa shape index (κ3) is 12.2. The SMILES string of the molecule is CCCCCCCCCCCCCCOc1ccccc1OP(=O)(O)Oc1cccc(CN2C=CSC2)c1. The van der Waals surface area contributed by atoms with Gasteiger partial charge < -0.3 is 18.7 Å². The Morgan fingerprint density at radius 3 is 2.16 bits per heavy atom. The molecule has 1 atom stereocenters. The highest BCUT2D eigenvalue weighted by Crippen LogP contribution is 2.47. The van der Waals surface area contributed by atoms with Crippen LogP contribution in [0.1, 0.15) is 89.5 Å². The van der Waals surface area contributed by atoms with Gasteiger partial charge in [-0.2, -0.15) is 0 Å². The first-order valence-corrected chi connectivity index (χ1v) is 16.7. The molecule has 8 heteroatoms. The first kappa shape index (κ1) is 30.5. The zero-order valence-corrected chi connectivity index (χ0v) is 24.5. The molecule has 1 aliphatic rings.